The second-order valence-corrected chi connectivity index (χ2v) is 5.25. The number of rotatable bonds is 4. The molecule has 1 aliphatic carbocycles. The van der Waals surface area contributed by atoms with E-state index in [0.29, 0.717) is 11.1 Å². The first-order valence-electron chi connectivity index (χ1n) is 6.87. The number of nitrogens with zero attached hydrogens (tertiary/aromatic N) is 2. The number of benzene rings is 2. The fraction of sp³-hybridized carbons (Fsp3) is 0.176. The molecular formula is C17H12N2O3. The van der Waals surface area contributed by atoms with Gasteiger partial charge in [0.25, 0.3) is 5.69 Å². The highest BCUT2D eigenvalue weighted by Crippen LogP contribution is 2.56. The van der Waals surface area contributed by atoms with Crippen LogP contribution in [0.4, 0.5) is 5.69 Å². The van der Waals surface area contributed by atoms with Crippen LogP contribution in [0.5, 0.6) is 0 Å². The van der Waals surface area contributed by atoms with E-state index in [-0.39, 0.29) is 11.5 Å². The Kier molecular flexibility index (Phi) is 3.43. The summed E-state index contributed by atoms with van der Waals surface area (Å²) in [6.07, 6.45) is 0. The molecule has 0 heterocycles. The Morgan fingerprint density at radius 2 is 1.73 bits per heavy atom. The first-order chi connectivity index (χ1) is 10.6. The third-order valence-corrected chi connectivity index (χ3v) is 4.02. The molecule has 22 heavy (non-hydrogen) atoms. The minimum absolute atomic E-state index is 0.0314. The summed E-state index contributed by atoms with van der Waals surface area (Å²) >= 11 is 0. The summed E-state index contributed by atoms with van der Waals surface area (Å²) in [6.45, 7) is 0. The number of hydrogen-bond acceptors (Lipinski definition) is 4. The molecule has 3 unspecified atom stereocenters. The largest absolute Gasteiger partial charge is 0.294 e. The lowest BCUT2D eigenvalue weighted by Crippen LogP contribution is -2.04. The monoisotopic (exact) mass is 292 g/mol. The van der Waals surface area contributed by atoms with Crippen LogP contribution in [-0.2, 0) is 0 Å². The maximum Gasteiger partial charge on any atom is 0.272 e. The molecule has 3 atom stereocenters. The van der Waals surface area contributed by atoms with Crippen LogP contribution < -0.4 is 0 Å². The van der Waals surface area contributed by atoms with Crippen molar-refractivity contribution in [3.05, 3.63) is 75.8 Å². The summed E-state index contributed by atoms with van der Waals surface area (Å²) in [6, 6.07) is 17.2. The van der Waals surface area contributed by atoms with E-state index in [1.807, 2.05) is 6.07 Å². The molecular weight excluding hydrogens is 280 g/mol. The highest BCUT2D eigenvalue weighted by Gasteiger charge is 2.57. The van der Waals surface area contributed by atoms with E-state index in [9.17, 15) is 20.2 Å². The highest BCUT2D eigenvalue weighted by molar-refractivity contribution is 6.01. The molecule has 2 aromatic carbocycles. The van der Waals surface area contributed by atoms with Crippen LogP contribution in [0.15, 0.2) is 54.6 Å². The van der Waals surface area contributed by atoms with Crippen molar-refractivity contribution in [2.75, 3.05) is 0 Å². The second-order valence-electron chi connectivity index (χ2n) is 5.25. The van der Waals surface area contributed by atoms with Crippen LogP contribution in [0, 0.1) is 33.3 Å². The summed E-state index contributed by atoms with van der Waals surface area (Å²) in [5.74, 6) is -1.54. The van der Waals surface area contributed by atoms with Gasteiger partial charge in [-0.05, 0) is 0 Å². The van der Waals surface area contributed by atoms with Crippen molar-refractivity contribution in [2.24, 2.45) is 11.8 Å². The maximum atomic E-state index is 12.5. The molecule has 2 aromatic rings. The van der Waals surface area contributed by atoms with E-state index < -0.39 is 22.7 Å². The molecule has 1 saturated carbocycles. The van der Waals surface area contributed by atoms with Crippen molar-refractivity contribution in [2.45, 2.75) is 5.92 Å². The normalized spacial score (nSPS) is 22.6. The first kappa shape index (κ1) is 14.0. The van der Waals surface area contributed by atoms with Gasteiger partial charge in [0.15, 0.2) is 5.78 Å². The van der Waals surface area contributed by atoms with Crippen molar-refractivity contribution in [3.63, 3.8) is 0 Å². The lowest BCUT2D eigenvalue weighted by molar-refractivity contribution is -0.385. The zero-order valence-corrected chi connectivity index (χ0v) is 11.5. The Morgan fingerprint density at radius 1 is 1.09 bits per heavy atom. The van der Waals surface area contributed by atoms with Gasteiger partial charge in [-0.25, -0.2) is 0 Å². The topological polar surface area (TPSA) is 84.0 Å². The van der Waals surface area contributed by atoms with E-state index in [2.05, 4.69) is 6.07 Å². The van der Waals surface area contributed by atoms with E-state index in [1.165, 1.54) is 6.07 Å². The zero-order chi connectivity index (χ0) is 15.7. The van der Waals surface area contributed by atoms with Crippen molar-refractivity contribution in [1.82, 2.24) is 0 Å². The number of Topliss-reactive ketones (excluding diaryl/α,β-unsaturated/α-hetero) is 1. The summed E-state index contributed by atoms with van der Waals surface area (Å²) < 4.78 is 0. The number of carbonyl (C=O) groups excluding carboxylic acids is 1. The van der Waals surface area contributed by atoms with E-state index in [0.717, 1.165) is 0 Å². The summed E-state index contributed by atoms with van der Waals surface area (Å²) in [7, 11) is 0. The Labute approximate surface area is 127 Å². The van der Waals surface area contributed by atoms with Crippen LogP contribution >= 0.6 is 0 Å². The fourth-order valence-electron chi connectivity index (χ4n) is 2.92. The lowest BCUT2D eigenvalue weighted by Gasteiger charge is -2.02. The van der Waals surface area contributed by atoms with Crippen molar-refractivity contribution < 1.29 is 9.72 Å². The van der Waals surface area contributed by atoms with Crippen LogP contribution in [-0.4, -0.2) is 10.7 Å². The van der Waals surface area contributed by atoms with Crippen LogP contribution in [0.2, 0.25) is 0 Å². The SMILES string of the molecule is N#CC1C(C(=O)c2ccccc2)C1c1ccccc1[N+](=O)[O-]. The molecule has 0 bridgehead atoms. The van der Waals surface area contributed by atoms with Gasteiger partial charge in [-0.1, -0.05) is 48.5 Å². The fourth-order valence-corrected chi connectivity index (χ4v) is 2.92. The Hall–Kier alpha value is -3.00. The predicted molar refractivity (Wildman–Crippen MR) is 79.2 cm³/mol. The van der Waals surface area contributed by atoms with E-state index in [1.54, 1.807) is 42.5 Å². The van der Waals surface area contributed by atoms with E-state index >= 15 is 0 Å². The van der Waals surface area contributed by atoms with E-state index in [4.69, 9.17) is 0 Å². The number of nitro groups is 1. The number of hydrogen-bond donors (Lipinski definition) is 0. The van der Waals surface area contributed by atoms with Gasteiger partial charge < -0.3 is 0 Å². The van der Waals surface area contributed by atoms with Gasteiger partial charge >= 0.3 is 0 Å². The molecule has 0 spiro atoms. The molecule has 0 aliphatic heterocycles. The maximum absolute atomic E-state index is 12.5. The van der Waals surface area contributed by atoms with Gasteiger partial charge in [-0.3, -0.25) is 14.9 Å². The summed E-state index contributed by atoms with van der Waals surface area (Å²) in [4.78, 5) is 23.2. The van der Waals surface area contributed by atoms with Crippen LogP contribution in [0.1, 0.15) is 21.8 Å². The molecule has 108 valence electrons. The molecule has 0 amide bonds. The molecule has 3 rings (SSSR count). The predicted octanol–water partition coefficient (Wildman–Crippen LogP) is 3.33. The molecule has 0 N–H and O–H groups in total. The third-order valence-electron chi connectivity index (χ3n) is 4.02. The molecule has 0 radical (unpaired) electrons. The Bertz CT molecular complexity index is 780. The third kappa shape index (κ3) is 2.25. The molecule has 5 heteroatoms. The first-order valence-corrected chi connectivity index (χ1v) is 6.87. The average Bonchev–Trinajstić information content (AvgIpc) is 3.29. The number of ketones is 1. The molecule has 5 nitrogen and oxygen atoms in total. The van der Waals surface area contributed by atoms with Crippen LogP contribution in [0.25, 0.3) is 0 Å². The van der Waals surface area contributed by atoms with Gasteiger partial charge in [0.2, 0.25) is 0 Å². The number of carbonyl (C=O) groups is 1. The number of para-hydroxylation sites is 1. The number of nitriles is 1. The summed E-state index contributed by atoms with van der Waals surface area (Å²) in [5, 5.41) is 20.4. The van der Waals surface area contributed by atoms with Crippen molar-refractivity contribution in [1.29, 1.82) is 5.26 Å². The molecule has 0 aromatic heterocycles. The van der Waals surface area contributed by atoms with Gasteiger partial charge in [-0.2, -0.15) is 5.26 Å². The smallest absolute Gasteiger partial charge is 0.272 e. The molecule has 0 saturated heterocycles. The average molecular weight is 292 g/mol. The minimum Gasteiger partial charge on any atom is -0.294 e. The Morgan fingerprint density at radius 3 is 2.36 bits per heavy atom. The zero-order valence-electron chi connectivity index (χ0n) is 11.5. The van der Waals surface area contributed by atoms with Crippen molar-refractivity contribution in [3.8, 4) is 6.07 Å². The highest BCUT2D eigenvalue weighted by atomic mass is 16.6. The molecule has 1 aliphatic rings. The lowest BCUT2D eigenvalue weighted by atomic mass is 10.0. The minimum atomic E-state index is -0.506. The molecule has 1 fully saturated rings. The Balaban J connectivity index is 1.95. The van der Waals surface area contributed by atoms with Gasteiger partial charge in [0.1, 0.15) is 0 Å². The van der Waals surface area contributed by atoms with Gasteiger partial charge in [0.05, 0.1) is 16.9 Å². The van der Waals surface area contributed by atoms with Crippen LogP contribution in [0.3, 0.4) is 0 Å². The second kappa shape index (κ2) is 5.41. The van der Waals surface area contributed by atoms with Gasteiger partial charge in [-0.15, -0.1) is 0 Å². The standard InChI is InChI=1S/C17H12N2O3/c18-10-13-15(12-8-4-5-9-14(12)19(21)22)16(13)17(20)11-6-2-1-3-7-11/h1-9,13,15-16H. The summed E-state index contributed by atoms with van der Waals surface area (Å²) in [5.41, 5.74) is 0.971. The number of nitro benzene ring substituents is 1. The quantitative estimate of drug-likeness (QED) is 0.491. The van der Waals surface area contributed by atoms with Crippen molar-refractivity contribution >= 4 is 11.5 Å². The van der Waals surface area contributed by atoms with Gasteiger partial charge in [0, 0.05) is 29.0 Å².